The lowest BCUT2D eigenvalue weighted by atomic mass is 10.0. The molecule has 2 N–H and O–H groups in total. The van der Waals surface area contributed by atoms with Gasteiger partial charge in [-0.25, -0.2) is 4.79 Å². The molecule has 248 valence electrons. The first-order valence-electron chi connectivity index (χ1n) is 14.4. The molecule has 0 radical (unpaired) electrons. The third-order valence-electron chi connectivity index (χ3n) is 6.73. The summed E-state index contributed by atoms with van der Waals surface area (Å²) in [5.74, 6) is 0.509. The Balaban J connectivity index is 0.000000321. The number of carbonyl (C=O) groups excluding carboxylic acids is 1. The van der Waals surface area contributed by atoms with Crippen LogP contribution in [0.3, 0.4) is 0 Å². The highest BCUT2D eigenvalue weighted by Crippen LogP contribution is 2.34. The van der Waals surface area contributed by atoms with Crippen molar-refractivity contribution in [3.05, 3.63) is 117 Å². The van der Waals surface area contributed by atoms with E-state index in [9.17, 15) is 27.9 Å². The fourth-order valence-electron chi connectivity index (χ4n) is 4.55. The van der Waals surface area contributed by atoms with Gasteiger partial charge in [-0.2, -0.15) is 13.2 Å². The van der Waals surface area contributed by atoms with E-state index >= 15 is 0 Å². The fraction of sp³-hybridized carbons (Fsp3) is 0.314. The molecule has 0 saturated heterocycles. The summed E-state index contributed by atoms with van der Waals surface area (Å²) in [7, 11) is 1.53. The van der Waals surface area contributed by atoms with E-state index in [0.717, 1.165) is 23.3 Å². The van der Waals surface area contributed by atoms with Gasteiger partial charge < -0.3 is 24.3 Å². The van der Waals surface area contributed by atoms with E-state index < -0.39 is 17.7 Å². The number of aromatic hydroxyl groups is 1. The van der Waals surface area contributed by atoms with Crippen molar-refractivity contribution >= 4 is 29.3 Å². The summed E-state index contributed by atoms with van der Waals surface area (Å²) in [6.07, 6.45) is -1.28. The summed E-state index contributed by atoms with van der Waals surface area (Å²) in [6, 6.07) is 16.8. The van der Waals surface area contributed by atoms with Crippen LogP contribution in [-0.4, -0.2) is 37.4 Å². The minimum Gasteiger partial charge on any atom is -0.507 e. The van der Waals surface area contributed by atoms with Gasteiger partial charge in [0.25, 0.3) is 0 Å². The van der Waals surface area contributed by atoms with E-state index in [1.807, 2.05) is 32.9 Å². The standard InChI is InChI=1S/C19H20F3NO2.C16H18O4.ClH/c1-14(12-15-6-5-9-17(13-15)19(20,21)22)23-10-11-25-18(24)16-7-3-2-4-8-16;1-9(2)5-6-11-14(19-4)8-13(18)15-12(17)7-10(3)20-16(11)15;/h2-9,13-14,23H,10-12H2,1H3;5,7-8,18H,6H2,1-4H3;1H. The van der Waals surface area contributed by atoms with E-state index in [2.05, 4.69) is 5.32 Å². The van der Waals surface area contributed by atoms with Gasteiger partial charge in [-0.15, -0.1) is 12.4 Å². The van der Waals surface area contributed by atoms with Crippen LogP contribution in [0.4, 0.5) is 13.2 Å². The van der Waals surface area contributed by atoms with Gasteiger partial charge in [0, 0.05) is 30.3 Å². The normalized spacial score (nSPS) is 11.5. The summed E-state index contributed by atoms with van der Waals surface area (Å²) in [5, 5.41) is 13.3. The maximum atomic E-state index is 12.7. The molecule has 4 aromatic rings. The second-order valence-electron chi connectivity index (χ2n) is 10.7. The van der Waals surface area contributed by atoms with Crippen LogP contribution in [0.15, 0.2) is 87.6 Å². The Labute approximate surface area is 272 Å². The molecule has 0 spiro atoms. The topological polar surface area (TPSA) is 98.0 Å². The minimum absolute atomic E-state index is 0. The number of phenols is 1. The number of phenolic OH excluding ortho intramolecular Hbond substituents is 1. The zero-order valence-corrected chi connectivity index (χ0v) is 27.2. The van der Waals surface area contributed by atoms with Crippen molar-refractivity contribution in [1.82, 2.24) is 5.32 Å². The fourth-order valence-corrected chi connectivity index (χ4v) is 4.55. The Morgan fingerprint density at radius 3 is 2.39 bits per heavy atom. The number of halogens is 4. The third kappa shape index (κ3) is 11.0. The van der Waals surface area contributed by atoms with E-state index in [4.69, 9.17) is 13.9 Å². The quantitative estimate of drug-likeness (QED) is 0.102. The largest absolute Gasteiger partial charge is 0.507 e. The number of rotatable bonds is 10. The number of alkyl halides is 3. The number of esters is 1. The minimum atomic E-state index is -4.34. The number of aryl methyl sites for hydroxylation is 1. The molecule has 1 unspecified atom stereocenters. The molecule has 1 aromatic heterocycles. The number of carbonyl (C=O) groups is 1. The zero-order valence-electron chi connectivity index (χ0n) is 26.4. The van der Waals surface area contributed by atoms with Gasteiger partial charge in [-0.05, 0) is 64.3 Å². The highest BCUT2D eigenvalue weighted by molar-refractivity contribution is 5.89. The Bertz CT molecular complexity index is 1680. The summed E-state index contributed by atoms with van der Waals surface area (Å²) >= 11 is 0. The second-order valence-corrected chi connectivity index (χ2v) is 10.7. The first-order valence-corrected chi connectivity index (χ1v) is 14.4. The van der Waals surface area contributed by atoms with Gasteiger partial charge in [0.1, 0.15) is 34.8 Å². The molecule has 0 aliphatic heterocycles. The van der Waals surface area contributed by atoms with Crippen molar-refractivity contribution in [2.45, 2.75) is 52.8 Å². The van der Waals surface area contributed by atoms with Crippen molar-refractivity contribution < 1.29 is 37.0 Å². The van der Waals surface area contributed by atoms with Crippen molar-refractivity contribution in [1.29, 1.82) is 0 Å². The van der Waals surface area contributed by atoms with Crippen LogP contribution in [-0.2, 0) is 23.8 Å². The Hall–Kier alpha value is -4.28. The van der Waals surface area contributed by atoms with Crippen LogP contribution in [0.25, 0.3) is 11.0 Å². The van der Waals surface area contributed by atoms with Gasteiger partial charge in [-0.3, -0.25) is 4.79 Å². The lowest BCUT2D eigenvalue weighted by Gasteiger charge is -2.15. The predicted molar refractivity (Wildman–Crippen MR) is 175 cm³/mol. The third-order valence-corrected chi connectivity index (χ3v) is 6.73. The molecule has 46 heavy (non-hydrogen) atoms. The molecule has 1 atom stereocenters. The van der Waals surface area contributed by atoms with Crippen molar-refractivity contribution in [2.75, 3.05) is 20.3 Å². The number of benzene rings is 3. The van der Waals surface area contributed by atoms with Gasteiger partial charge >= 0.3 is 12.1 Å². The zero-order chi connectivity index (χ0) is 33.1. The average Bonchev–Trinajstić information content (AvgIpc) is 2.98. The first-order chi connectivity index (χ1) is 21.3. The van der Waals surface area contributed by atoms with Crippen LogP contribution < -0.4 is 15.5 Å². The Morgan fingerprint density at radius 2 is 1.76 bits per heavy atom. The van der Waals surface area contributed by atoms with Crippen LogP contribution in [0.5, 0.6) is 11.5 Å². The highest BCUT2D eigenvalue weighted by Gasteiger charge is 2.30. The van der Waals surface area contributed by atoms with Crippen LogP contribution in [0.1, 0.15) is 53.6 Å². The van der Waals surface area contributed by atoms with E-state index in [1.165, 1.54) is 25.3 Å². The molecule has 11 heteroatoms. The first kappa shape index (κ1) is 37.9. The molecule has 0 saturated carbocycles. The van der Waals surface area contributed by atoms with Crippen molar-refractivity contribution in [2.24, 2.45) is 0 Å². The molecule has 0 bridgehead atoms. The molecular weight excluding hydrogens is 623 g/mol. The predicted octanol–water partition coefficient (Wildman–Crippen LogP) is 7.83. The number of allylic oxidation sites excluding steroid dienone is 2. The average molecular weight is 662 g/mol. The van der Waals surface area contributed by atoms with Gasteiger partial charge in [-0.1, -0.05) is 48.0 Å². The van der Waals surface area contributed by atoms with Gasteiger partial charge in [0.2, 0.25) is 0 Å². The molecule has 0 amide bonds. The van der Waals surface area contributed by atoms with Crippen LogP contribution >= 0.6 is 12.4 Å². The number of fused-ring (bicyclic) bond motifs is 1. The van der Waals surface area contributed by atoms with Gasteiger partial charge in [0.15, 0.2) is 5.43 Å². The van der Waals surface area contributed by atoms with Crippen molar-refractivity contribution in [3.63, 3.8) is 0 Å². The van der Waals surface area contributed by atoms with E-state index in [0.29, 0.717) is 47.6 Å². The SMILES string of the molecule is CC(Cc1cccc(C(F)(F)F)c1)NCCOC(=O)c1ccccc1.COc1cc(O)c2c(=O)cc(C)oc2c1CC=C(C)C.Cl. The molecule has 7 nitrogen and oxygen atoms in total. The summed E-state index contributed by atoms with van der Waals surface area (Å²) in [6.45, 7) is 8.20. The molecule has 0 aliphatic rings. The second kappa shape index (κ2) is 17.4. The highest BCUT2D eigenvalue weighted by atomic mass is 35.5. The lowest BCUT2D eigenvalue weighted by molar-refractivity contribution is -0.137. The molecule has 4 rings (SSSR count). The number of ether oxygens (including phenoxy) is 2. The number of methoxy groups -OCH3 is 1. The Morgan fingerprint density at radius 1 is 1.07 bits per heavy atom. The molecule has 1 heterocycles. The summed E-state index contributed by atoms with van der Waals surface area (Å²) in [4.78, 5) is 23.8. The smallest absolute Gasteiger partial charge is 0.416 e. The molecule has 0 fully saturated rings. The molecule has 3 aromatic carbocycles. The van der Waals surface area contributed by atoms with Crippen LogP contribution in [0.2, 0.25) is 0 Å². The maximum absolute atomic E-state index is 12.7. The number of hydrogen-bond donors (Lipinski definition) is 2. The number of nitrogens with one attached hydrogen (secondary N) is 1. The van der Waals surface area contributed by atoms with E-state index in [-0.39, 0.29) is 41.6 Å². The van der Waals surface area contributed by atoms with Crippen LogP contribution in [0, 0.1) is 6.92 Å². The monoisotopic (exact) mass is 661 g/mol. The maximum Gasteiger partial charge on any atom is 0.416 e. The lowest BCUT2D eigenvalue weighted by Crippen LogP contribution is -2.31. The van der Waals surface area contributed by atoms with E-state index in [1.54, 1.807) is 37.3 Å². The summed E-state index contributed by atoms with van der Waals surface area (Å²) < 4.78 is 54.2. The molecular formula is C35H39ClF3NO6. The van der Waals surface area contributed by atoms with Gasteiger partial charge in [0.05, 0.1) is 18.2 Å². The Kier molecular flexibility index (Phi) is 14.4. The number of hydrogen-bond acceptors (Lipinski definition) is 7. The van der Waals surface area contributed by atoms with Crippen molar-refractivity contribution in [3.8, 4) is 11.5 Å². The molecule has 0 aliphatic carbocycles. The summed E-state index contributed by atoms with van der Waals surface area (Å²) in [5.41, 5.74) is 2.52.